The first kappa shape index (κ1) is 19.9. The highest BCUT2D eigenvalue weighted by Crippen LogP contribution is 2.33. The summed E-state index contributed by atoms with van der Waals surface area (Å²) in [5.74, 6) is 1.52. The predicted molar refractivity (Wildman–Crippen MR) is 120 cm³/mol. The van der Waals surface area contributed by atoms with E-state index >= 15 is 0 Å². The summed E-state index contributed by atoms with van der Waals surface area (Å²) >= 11 is 1.49. The van der Waals surface area contributed by atoms with E-state index in [9.17, 15) is 10.1 Å². The maximum atomic E-state index is 13.6. The van der Waals surface area contributed by atoms with Crippen LogP contribution in [0.1, 0.15) is 30.3 Å². The van der Waals surface area contributed by atoms with E-state index < -0.39 is 0 Å². The molecular weight excluding hydrogens is 394 g/mol. The van der Waals surface area contributed by atoms with Crippen molar-refractivity contribution in [3.8, 4) is 22.9 Å². The average Bonchev–Trinajstić information content (AvgIpc) is 3.21. The van der Waals surface area contributed by atoms with Crippen LogP contribution in [0.2, 0.25) is 0 Å². The summed E-state index contributed by atoms with van der Waals surface area (Å²) in [6, 6.07) is 17.2. The van der Waals surface area contributed by atoms with Crippen LogP contribution in [-0.2, 0) is 13.0 Å². The Hall–Kier alpha value is -3.43. The molecule has 2 heterocycles. The number of hydrogen-bond acceptors (Lipinski definition) is 5. The Labute approximate surface area is 178 Å². The third-order valence-electron chi connectivity index (χ3n) is 5.02. The number of benzene rings is 2. The molecule has 30 heavy (non-hydrogen) atoms. The topological polar surface area (TPSA) is 67.9 Å². The van der Waals surface area contributed by atoms with Gasteiger partial charge in [-0.05, 0) is 41.8 Å². The van der Waals surface area contributed by atoms with Crippen LogP contribution in [0.25, 0.3) is 21.3 Å². The molecule has 6 heteroatoms. The Morgan fingerprint density at radius 3 is 2.80 bits per heavy atom. The summed E-state index contributed by atoms with van der Waals surface area (Å²) < 4.78 is 7.10. The van der Waals surface area contributed by atoms with Gasteiger partial charge in [-0.25, -0.2) is 4.98 Å². The minimum absolute atomic E-state index is 0.0510. The molecule has 0 bridgehead atoms. The summed E-state index contributed by atoms with van der Waals surface area (Å²) in [6.07, 6.45) is 1.61. The molecule has 4 rings (SSSR count). The number of rotatable bonds is 6. The summed E-state index contributed by atoms with van der Waals surface area (Å²) in [6.45, 7) is 2.47. The first-order chi connectivity index (χ1) is 14.6. The number of ether oxygens (including phenoxy) is 1. The van der Waals surface area contributed by atoms with Crippen LogP contribution < -0.4 is 10.3 Å². The van der Waals surface area contributed by atoms with Gasteiger partial charge >= 0.3 is 0 Å². The Balaban J connectivity index is 1.90. The number of aryl methyl sites for hydroxylation is 1. The van der Waals surface area contributed by atoms with Crippen molar-refractivity contribution < 1.29 is 4.74 Å². The van der Waals surface area contributed by atoms with Crippen molar-refractivity contribution in [2.75, 3.05) is 7.11 Å². The summed E-state index contributed by atoms with van der Waals surface area (Å²) in [4.78, 5) is 19.2. The Morgan fingerprint density at radius 1 is 1.20 bits per heavy atom. The Morgan fingerprint density at radius 2 is 2.03 bits per heavy atom. The zero-order valence-corrected chi connectivity index (χ0v) is 17.7. The van der Waals surface area contributed by atoms with Gasteiger partial charge in [-0.15, -0.1) is 11.3 Å². The van der Waals surface area contributed by atoms with Gasteiger partial charge < -0.3 is 4.74 Å². The van der Waals surface area contributed by atoms with Crippen molar-refractivity contribution in [1.29, 1.82) is 5.26 Å². The molecule has 0 saturated heterocycles. The Bertz CT molecular complexity index is 1310. The quantitative estimate of drug-likeness (QED) is 0.444. The minimum Gasteiger partial charge on any atom is -0.497 e. The molecule has 2 aromatic heterocycles. The number of methoxy groups -OCH3 is 1. The summed E-state index contributed by atoms with van der Waals surface area (Å²) in [7, 11) is 1.63. The molecule has 0 radical (unpaired) electrons. The SMILES string of the molecule is CCCc1nc2scc(-c3cccc(OC)c3)c2c(=O)n1Cc1cccc(C#N)c1. The number of hydrogen-bond donors (Lipinski definition) is 0. The predicted octanol–water partition coefficient (Wildman–Crippen LogP) is 5.01. The molecule has 0 fully saturated rings. The van der Waals surface area contributed by atoms with Crippen molar-refractivity contribution in [3.63, 3.8) is 0 Å². The van der Waals surface area contributed by atoms with E-state index in [0.717, 1.165) is 45.9 Å². The van der Waals surface area contributed by atoms with Gasteiger partial charge in [-0.1, -0.05) is 31.2 Å². The average molecular weight is 416 g/mol. The molecule has 0 aliphatic heterocycles. The Kier molecular flexibility index (Phi) is 5.64. The van der Waals surface area contributed by atoms with Crippen molar-refractivity contribution in [3.05, 3.63) is 81.2 Å². The van der Waals surface area contributed by atoms with Gasteiger partial charge in [0, 0.05) is 17.4 Å². The molecule has 0 aliphatic carbocycles. The second-order valence-corrected chi connectivity index (χ2v) is 7.90. The van der Waals surface area contributed by atoms with Crippen molar-refractivity contribution in [2.45, 2.75) is 26.3 Å². The highest BCUT2D eigenvalue weighted by molar-refractivity contribution is 7.17. The smallest absolute Gasteiger partial charge is 0.263 e. The molecule has 0 spiro atoms. The number of thiophene rings is 1. The van der Waals surface area contributed by atoms with Gasteiger partial charge in [-0.2, -0.15) is 5.26 Å². The normalized spacial score (nSPS) is 10.8. The first-order valence-electron chi connectivity index (χ1n) is 9.79. The third-order valence-corrected chi connectivity index (χ3v) is 5.90. The van der Waals surface area contributed by atoms with E-state index in [-0.39, 0.29) is 5.56 Å². The molecule has 2 aromatic carbocycles. The van der Waals surface area contributed by atoms with E-state index in [1.807, 2.05) is 47.8 Å². The molecule has 0 amide bonds. The summed E-state index contributed by atoms with van der Waals surface area (Å²) in [5, 5.41) is 11.8. The number of aromatic nitrogens is 2. The fourth-order valence-corrected chi connectivity index (χ4v) is 4.53. The van der Waals surface area contributed by atoms with Crippen LogP contribution in [0.3, 0.4) is 0 Å². The second-order valence-electron chi connectivity index (χ2n) is 7.04. The molecule has 150 valence electrons. The lowest BCUT2D eigenvalue weighted by molar-refractivity contribution is 0.415. The molecule has 4 aromatic rings. The third kappa shape index (κ3) is 3.72. The van der Waals surface area contributed by atoms with Gasteiger partial charge in [0.2, 0.25) is 0 Å². The van der Waals surface area contributed by atoms with Crippen LogP contribution >= 0.6 is 11.3 Å². The molecule has 0 atom stereocenters. The highest BCUT2D eigenvalue weighted by Gasteiger charge is 2.17. The van der Waals surface area contributed by atoms with Crippen molar-refractivity contribution >= 4 is 21.6 Å². The second kappa shape index (κ2) is 8.52. The van der Waals surface area contributed by atoms with Gasteiger partial charge in [0.1, 0.15) is 16.4 Å². The maximum absolute atomic E-state index is 13.6. The van der Waals surface area contributed by atoms with E-state index in [0.29, 0.717) is 17.5 Å². The highest BCUT2D eigenvalue weighted by atomic mass is 32.1. The lowest BCUT2D eigenvalue weighted by Crippen LogP contribution is -2.25. The number of nitrogens with zero attached hydrogens (tertiary/aromatic N) is 3. The van der Waals surface area contributed by atoms with Crippen LogP contribution in [-0.4, -0.2) is 16.7 Å². The fourth-order valence-electron chi connectivity index (χ4n) is 3.57. The molecule has 0 aliphatic rings. The van der Waals surface area contributed by atoms with E-state index in [1.165, 1.54) is 11.3 Å². The van der Waals surface area contributed by atoms with E-state index in [2.05, 4.69) is 13.0 Å². The van der Waals surface area contributed by atoms with Gasteiger partial charge in [-0.3, -0.25) is 9.36 Å². The van der Waals surface area contributed by atoms with Gasteiger partial charge in [0.05, 0.1) is 30.7 Å². The van der Waals surface area contributed by atoms with E-state index in [4.69, 9.17) is 9.72 Å². The van der Waals surface area contributed by atoms with Crippen molar-refractivity contribution in [2.24, 2.45) is 0 Å². The maximum Gasteiger partial charge on any atom is 0.263 e. The monoisotopic (exact) mass is 415 g/mol. The van der Waals surface area contributed by atoms with Crippen LogP contribution in [0, 0.1) is 11.3 Å². The summed E-state index contributed by atoms with van der Waals surface area (Å²) in [5.41, 5.74) is 3.24. The molecule has 0 saturated carbocycles. The first-order valence-corrected chi connectivity index (χ1v) is 10.7. The number of nitriles is 1. The largest absolute Gasteiger partial charge is 0.497 e. The molecule has 5 nitrogen and oxygen atoms in total. The lowest BCUT2D eigenvalue weighted by Gasteiger charge is -2.13. The minimum atomic E-state index is -0.0510. The molecular formula is C24H21N3O2S. The fraction of sp³-hybridized carbons (Fsp3) is 0.208. The number of fused-ring (bicyclic) bond motifs is 1. The van der Waals surface area contributed by atoms with Crippen molar-refractivity contribution in [1.82, 2.24) is 9.55 Å². The van der Waals surface area contributed by atoms with Gasteiger partial charge in [0.25, 0.3) is 5.56 Å². The zero-order valence-electron chi connectivity index (χ0n) is 16.9. The standard InChI is InChI=1S/C24H21N3O2S/c1-3-6-21-26-23-22(20(15-30-23)18-9-5-10-19(12-18)29-2)24(28)27(21)14-17-8-4-7-16(11-17)13-25/h4-5,7-12,15H,3,6,14H2,1-2H3. The molecule has 0 N–H and O–H groups in total. The van der Waals surface area contributed by atoms with Crippen LogP contribution in [0.5, 0.6) is 5.75 Å². The molecule has 0 unspecified atom stereocenters. The van der Waals surface area contributed by atoms with Crippen LogP contribution in [0.4, 0.5) is 0 Å². The zero-order chi connectivity index (χ0) is 21.1. The van der Waals surface area contributed by atoms with Gasteiger partial charge in [0.15, 0.2) is 0 Å². The van der Waals surface area contributed by atoms with E-state index in [1.54, 1.807) is 17.7 Å². The lowest BCUT2D eigenvalue weighted by atomic mass is 10.1. The van der Waals surface area contributed by atoms with Crippen LogP contribution in [0.15, 0.2) is 58.7 Å².